The predicted octanol–water partition coefficient (Wildman–Crippen LogP) is 1.84. The van der Waals surface area contributed by atoms with Gasteiger partial charge in [0.05, 0.1) is 19.8 Å². The molecule has 1 amide bonds. The zero-order chi connectivity index (χ0) is 21.7. The number of nitrogens with zero attached hydrogens (tertiary/aromatic N) is 2. The van der Waals surface area contributed by atoms with Crippen molar-refractivity contribution in [3.8, 4) is 23.0 Å². The Morgan fingerprint density at radius 3 is 2.57 bits per heavy atom. The largest absolute Gasteiger partial charge is 0.480 e. The molecule has 0 saturated carbocycles. The Bertz CT molecular complexity index is 909. The number of aliphatic carboxylic acids is 1. The first-order chi connectivity index (χ1) is 14.4. The molecule has 9 nitrogen and oxygen atoms in total. The van der Waals surface area contributed by atoms with Crippen LogP contribution in [0.5, 0.6) is 11.9 Å². The summed E-state index contributed by atoms with van der Waals surface area (Å²) in [5.74, 6) is -1.13. The van der Waals surface area contributed by atoms with Crippen LogP contribution in [0.1, 0.15) is 25.3 Å². The van der Waals surface area contributed by atoms with Crippen molar-refractivity contribution in [2.75, 3.05) is 20.8 Å². The summed E-state index contributed by atoms with van der Waals surface area (Å²) in [7, 11) is 2.98. The number of methoxy groups -OCH3 is 2. The lowest BCUT2D eigenvalue weighted by molar-refractivity contribution is -0.147. The number of rotatable bonds is 8. The Balaban J connectivity index is 1.73. The second-order valence-corrected chi connectivity index (χ2v) is 7.23. The van der Waals surface area contributed by atoms with Crippen LogP contribution in [0.25, 0.3) is 11.1 Å². The molecule has 1 aromatic carbocycles. The first-order valence-electron chi connectivity index (χ1n) is 9.58. The molecule has 2 heterocycles. The van der Waals surface area contributed by atoms with Crippen molar-refractivity contribution < 1.29 is 28.9 Å². The van der Waals surface area contributed by atoms with Gasteiger partial charge in [-0.3, -0.25) is 4.79 Å². The van der Waals surface area contributed by atoms with Crippen LogP contribution in [0.2, 0.25) is 0 Å². The van der Waals surface area contributed by atoms with Crippen LogP contribution in [0.3, 0.4) is 0 Å². The normalized spacial score (nSPS) is 19.2. The van der Waals surface area contributed by atoms with Crippen LogP contribution in [0.4, 0.5) is 0 Å². The molecule has 2 atom stereocenters. The average molecular weight is 415 g/mol. The first kappa shape index (κ1) is 21.5. The van der Waals surface area contributed by atoms with Crippen molar-refractivity contribution in [2.24, 2.45) is 0 Å². The lowest BCUT2D eigenvalue weighted by Gasteiger charge is -2.24. The van der Waals surface area contributed by atoms with E-state index in [9.17, 15) is 14.7 Å². The van der Waals surface area contributed by atoms with Gasteiger partial charge in [0.2, 0.25) is 5.88 Å². The van der Waals surface area contributed by atoms with E-state index in [4.69, 9.17) is 14.2 Å². The Labute approximate surface area is 174 Å². The Hall–Kier alpha value is -3.20. The summed E-state index contributed by atoms with van der Waals surface area (Å²) in [4.78, 5) is 32.5. The van der Waals surface area contributed by atoms with E-state index in [0.29, 0.717) is 24.5 Å². The lowest BCUT2D eigenvalue weighted by Crippen LogP contribution is -2.51. The van der Waals surface area contributed by atoms with Gasteiger partial charge in [0.15, 0.2) is 0 Å². The number of aromatic nitrogens is 2. The van der Waals surface area contributed by atoms with Crippen molar-refractivity contribution in [3.05, 3.63) is 36.0 Å². The quantitative estimate of drug-likeness (QED) is 0.670. The number of carbonyl (C=O) groups excluding carboxylic acids is 1. The number of nitrogens with one attached hydrogen (secondary N) is 1. The SMILES string of the molecule is COc1ncc(-c2ccc(C[C@H](NC(=O)[C@@]3(C)CCCO3)C(=O)O)cc2)c(OC)n1. The van der Waals surface area contributed by atoms with Crippen LogP contribution in [-0.2, 0) is 20.7 Å². The second kappa shape index (κ2) is 9.08. The Morgan fingerprint density at radius 1 is 1.27 bits per heavy atom. The molecule has 3 rings (SSSR count). The number of ether oxygens (including phenoxy) is 3. The molecule has 9 heteroatoms. The second-order valence-electron chi connectivity index (χ2n) is 7.23. The van der Waals surface area contributed by atoms with E-state index in [1.165, 1.54) is 14.2 Å². The summed E-state index contributed by atoms with van der Waals surface area (Å²) in [5.41, 5.74) is 1.28. The van der Waals surface area contributed by atoms with Gasteiger partial charge in [0.1, 0.15) is 11.6 Å². The number of benzene rings is 1. The van der Waals surface area contributed by atoms with Crippen LogP contribution < -0.4 is 14.8 Å². The summed E-state index contributed by atoms with van der Waals surface area (Å²) in [6, 6.07) is 6.40. The molecular weight excluding hydrogens is 390 g/mol. The van der Waals surface area contributed by atoms with Gasteiger partial charge in [0, 0.05) is 19.2 Å². The van der Waals surface area contributed by atoms with E-state index in [-0.39, 0.29) is 12.4 Å². The van der Waals surface area contributed by atoms with Gasteiger partial charge in [-0.2, -0.15) is 4.98 Å². The molecule has 1 saturated heterocycles. The third-order valence-electron chi connectivity index (χ3n) is 5.11. The summed E-state index contributed by atoms with van der Waals surface area (Å²) in [6.45, 7) is 2.19. The van der Waals surface area contributed by atoms with Gasteiger partial charge < -0.3 is 24.6 Å². The number of hydrogen-bond acceptors (Lipinski definition) is 7. The van der Waals surface area contributed by atoms with E-state index in [1.54, 1.807) is 25.3 Å². The average Bonchev–Trinajstić information content (AvgIpc) is 3.21. The van der Waals surface area contributed by atoms with Crippen LogP contribution in [0, 0.1) is 0 Å². The van der Waals surface area contributed by atoms with Gasteiger partial charge >= 0.3 is 12.0 Å². The van der Waals surface area contributed by atoms with E-state index >= 15 is 0 Å². The molecule has 1 fully saturated rings. The molecule has 160 valence electrons. The molecule has 0 aliphatic carbocycles. The number of amides is 1. The zero-order valence-electron chi connectivity index (χ0n) is 17.2. The summed E-state index contributed by atoms with van der Waals surface area (Å²) < 4.78 is 15.8. The highest BCUT2D eigenvalue weighted by Gasteiger charge is 2.39. The van der Waals surface area contributed by atoms with Crippen molar-refractivity contribution in [1.82, 2.24) is 15.3 Å². The minimum absolute atomic E-state index is 0.147. The lowest BCUT2D eigenvalue weighted by atomic mass is 9.99. The van der Waals surface area contributed by atoms with Crippen LogP contribution >= 0.6 is 0 Å². The number of carboxylic acid groups (broad SMARTS) is 1. The van der Waals surface area contributed by atoms with Crippen molar-refractivity contribution in [2.45, 2.75) is 37.8 Å². The molecule has 2 N–H and O–H groups in total. The van der Waals surface area contributed by atoms with Gasteiger partial charge in [0.25, 0.3) is 5.91 Å². The monoisotopic (exact) mass is 415 g/mol. The molecular formula is C21H25N3O6. The fourth-order valence-electron chi connectivity index (χ4n) is 3.33. The molecule has 0 bridgehead atoms. The van der Waals surface area contributed by atoms with E-state index in [2.05, 4.69) is 15.3 Å². The van der Waals surface area contributed by atoms with Gasteiger partial charge in [-0.05, 0) is 30.9 Å². The molecule has 30 heavy (non-hydrogen) atoms. The molecule has 1 aromatic heterocycles. The number of hydrogen-bond donors (Lipinski definition) is 2. The molecule has 1 aliphatic rings. The third-order valence-corrected chi connectivity index (χ3v) is 5.11. The smallest absolute Gasteiger partial charge is 0.326 e. The van der Waals surface area contributed by atoms with Crippen LogP contribution in [0.15, 0.2) is 30.5 Å². The fraction of sp³-hybridized carbons (Fsp3) is 0.429. The highest BCUT2D eigenvalue weighted by atomic mass is 16.5. The molecule has 0 spiro atoms. The maximum absolute atomic E-state index is 12.5. The van der Waals surface area contributed by atoms with E-state index in [1.807, 2.05) is 12.1 Å². The van der Waals surface area contributed by atoms with Crippen molar-refractivity contribution in [3.63, 3.8) is 0 Å². The van der Waals surface area contributed by atoms with Gasteiger partial charge in [-0.1, -0.05) is 24.3 Å². The highest BCUT2D eigenvalue weighted by molar-refractivity contribution is 5.89. The minimum atomic E-state index is -1.10. The predicted molar refractivity (Wildman–Crippen MR) is 107 cm³/mol. The van der Waals surface area contributed by atoms with Gasteiger partial charge in [-0.15, -0.1) is 0 Å². The summed E-state index contributed by atoms with van der Waals surface area (Å²) in [5, 5.41) is 12.2. The fourth-order valence-corrected chi connectivity index (χ4v) is 3.33. The number of carbonyl (C=O) groups is 2. The van der Waals surface area contributed by atoms with Crippen LogP contribution in [-0.4, -0.2) is 59.4 Å². The maximum atomic E-state index is 12.5. The van der Waals surface area contributed by atoms with E-state index in [0.717, 1.165) is 17.5 Å². The topological polar surface area (TPSA) is 120 Å². The van der Waals surface area contributed by atoms with Gasteiger partial charge in [-0.25, -0.2) is 9.78 Å². The highest BCUT2D eigenvalue weighted by Crippen LogP contribution is 2.29. The number of carboxylic acids is 1. The van der Waals surface area contributed by atoms with Crippen molar-refractivity contribution >= 4 is 11.9 Å². The van der Waals surface area contributed by atoms with E-state index < -0.39 is 23.5 Å². The molecule has 1 aliphatic heterocycles. The minimum Gasteiger partial charge on any atom is -0.480 e. The first-order valence-corrected chi connectivity index (χ1v) is 9.58. The van der Waals surface area contributed by atoms with Crippen molar-refractivity contribution in [1.29, 1.82) is 0 Å². The molecule has 0 unspecified atom stereocenters. The maximum Gasteiger partial charge on any atom is 0.326 e. The summed E-state index contributed by atoms with van der Waals surface area (Å²) >= 11 is 0. The Morgan fingerprint density at radius 2 is 2.00 bits per heavy atom. The summed E-state index contributed by atoms with van der Waals surface area (Å²) in [6.07, 6.45) is 3.10. The standard InChI is InChI=1S/C21H25N3O6/c1-21(9-4-10-30-21)19(27)23-16(18(25)26)11-13-5-7-14(8-6-13)15-12-22-20(29-3)24-17(15)28-2/h5-8,12,16H,4,9-11H2,1-3H3,(H,23,27)(H,25,26)/t16-,21+/m0/s1. The zero-order valence-corrected chi connectivity index (χ0v) is 17.2. The molecule has 2 aromatic rings. The third kappa shape index (κ3) is 4.68. The Kier molecular flexibility index (Phi) is 6.51. The molecule has 0 radical (unpaired) electrons.